The summed E-state index contributed by atoms with van der Waals surface area (Å²) in [5.74, 6) is 0.711. The van der Waals surface area contributed by atoms with Gasteiger partial charge in [0.2, 0.25) is 0 Å². The highest BCUT2D eigenvalue weighted by atomic mass is 32.1. The fourth-order valence-electron chi connectivity index (χ4n) is 3.62. The SMILES string of the molecule is CCCCCOc1cccc(C(=O)N(CCN(CC)CC)c2nc3ccc(C)cc3s2)c1. The summed E-state index contributed by atoms with van der Waals surface area (Å²) in [5.41, 5.74) is 2.76. The first-order valence-electron chi connectivity index (χ1n) is 11.7. The number of carbonyl (C=O) groups excluding carboxylic acids is 1. The summed E-state index contributed by atoms with van der Waals surface area (Å²) in [6, 6.07) is 13.8. The third-order valence-corrected chi connectivity index (χ3v) is 6.68. The van der Waals surface area contributed by atoms with E-state index in [1.807, 2.05) is 35.2 Å². The average Bonchev–Trinajstić information content (AvgIpc) is 3.22. The van der Waals surface area contributed by atoms with Crippen molar-refractivity contribution in [3.05, 3.63) is 53.6 Å². The number of aryl methyl sites for hydroxylation is 1. The Morgan fingerprint density at radius 3 is 2.59 bits per heavy atom. The van der Waals surface area contributed by atoms with Crippen molar-refractivity contribution in [1.29, 1.82) is 0 Å². The molecule has 0 radical (unpaired) electrons. The monoisotopic (exact) mass is 453 g/mol. The number of amides is 1. The van der Waals surface area contributed by atoms with Crippen LogP contribution in [0.4, 0.5) is 5.13 Å². The minimum atomic E-state index is -0.0352. The van der Waals surface area contributed by atoms with Crippen LogP contribution in [0.25, 0.3) is 10.2 Å². The van der Waals surface area contributed by atoms with Gasteiger partial charge >= 0.3 is 0 Å². The molecule has 0 bridgehead atoms. The highest BCUT2D eigenvalue weighted by Crippen LogP contribution is 2.30. The molecule has 0 spiro atoms. The van der Waals surface area contributed by atoms with Gasteiger partial charge in [0, 0.05) is 18.7 Å². The smallest absolute Gasteiger partial charge is 0.260 e. The van der Waals surface area contributed by atoms with E-state index >= 15 is 0 Å². The first-order valence-corrected chi connectivity index (χ1v) is 12.5. The lowest BCUT2D eigenvalue weighted by Gasteiger charge is -2.25. The minimum Gasteiger partial charge on any atom is -0.494 e. The van der Waals surface area contributed by atoms with Crippen molar-refractivity contribution in [1.82, 2.24) is 9.88 Å². The van der Waals surface area contributed by atoms with Crippen LogP contribution in [0.1, 0.15) is 56.0 Å². The van der Waals surface area contributed by atoms with Crippen molar-refractivity contribution in [2.45, 2.75) is 47.0 Å². The first kappa shape index (κ1) is 24.2. The van der Waals surface area contributed by atoms with Gasteiger partial charge in [-0.1, -0.05) is 57.1 Å². The molecule has 1 heterocycles. The van der Waals surface area contributed by atoms with Gasteiger partial charge < -0.3 is 9.64 Å². The third kappa shape index (κ3) is 6.30. The van der Waals surface area contributed by atoms with Crippen LogP contribution in [-0.4, -0.2) is 48.6 Å². The number of nitrogens with zero attached hydrogens (tertiary/aromatic N) is 3. The number of anilines is 1. The Bertz CT molecular complexity index is 1010. The van der Waals surface area contributed by atoms with E-state index in [0.717, 1.165) is 60.0 Å². The molecule has 0 atom stereocenters. The molecule has 0 unspecified atom stereocenters. The average molecular weight is 454 g/mol. The summed E-state index contributed by atoms with van der Waals surface area (Å²) in [6.07, 6.45) is 3.33. The molecule has 172 valence electrons. The number of hydrogen-bond acceptors (Lipinski definition) is 5. The standard InChI is InChI=1S/C26H35N3O2S/c1-5-8-9-17-31-22-12-10-11-21(19-22)25(30)29(16-15-28(6-2)7-3)26-27-23-14-13-20(4)18-24(23)32-26/h10-14,18-19H,5-9,15-17H2,1-4H3. The molecule has 0 aliphatic heterocycles. The summed E-state index contributed by atoms with van der Waals surface area (Å²) in [7, 11) is 0. The number of unbranched alkanes of at least 4 members (excludes halogenated alkanes) is 2. The number of likely N-dealkylation sites (N-methyl/N-ethyl adjacent to an activating group) is 1. The predicted molar refractivity (Wildman–Crippen MR) is 135 cm³/mol. The Hall–Kier alpha value is -2.44. The maximum atomic E-state index is 13.6. The molecule has 6 heteroatoms. The van der Waals surface area contributed by atoms with Crippen molar-refractivity contribution in [3.8, 4) is 5.75 Å². The van der Waals surface area contributed by atoms with Gasteiger partial charge in [-0.05, 0) is 62.3 Å². The Morgan fingerprint density at radius 2 is 1.84 bits per heavy atom. The van der Waals surface area contributed by atoms with Crippen molar-refractivity contribution >= 4 is 32.6 Å². The fraction of sp³-hybridized carbons (Fsp3) is 0.462. The molecule has 2 aromatic carbocycles. The number of rotatable bonds is 12. The van der Waals surface area contributed by atoms with Crippen LogP contribution >= 0.6 is 11.3 Å². The number of aromatic nitrogens is 1. The van der Waals surface area contributed by atoms with Gasteiger partial charge in [-0.2, -0.15) is 0 Å². The lowest BCUT2D eigenvalue weighted by molar-refractivity contribution is 0.0983. The lowest BCUT2D eigenvalue weighted by atomic mass is 10.2. The quantitative estimate of drug-likeness (QED) is 0.308. The van der Waals surface area contributed by atoms with Gasteiger partial charge in [-0.3, -0.25) is 9.69 Å². The van der Waals surface area contributed by atoms with Crippen molar-refractivity contribution in [2.75, 3.05) is 37.7 Å². The molecule has 1 aromatic heterocycles. The molecule has 0 N–H and O–H groups in total. The maximum Gasteiger partial charge on any atom is 0.260 e. The molecule has 32 heavy (non-hydrogen) atoms. The third-order valence-electron chi connectivity index (χ3n) is 5.64. The molecule has 0 aliphatic rings. The van der Waals surface area contributed by atoms with E-state index in [0.29, 0.717) is 18.7 Å². The van der Waals surface area contributed by atoms with Crippen molar-refractivity contribution < 1.29 is 9.53 Å². The molecular weight excluding hydrogens is 418 g/mol. The van der Waals surface area contributed by atoms with E-state index in [2.05, 4.69) is 44.7 Å². The Morgan fingerprint density at radius 1 is 1.03 bits per heavy atom. The number of benzene rings is 2. The second kappa shape index (κ2) is 12.0. The predicted octanol–water partition coefficient (Wildman–Crippen LogP) is 6.16. The zero-order chi connectivity index (χ0) is 22.9. The topological polar surface area (TPSA) is 45.7 Å². The Balaban J connectivity index is 1.85. The first-order chi connectivity index (χ1) is 15.5. The zero-order valence-electron chi connectivity index (χ0n) is 19.8. The summed E-state index contributed by atoms with van der Waals surface area (Å²) in [6.45, 7) is 12.5. The number of carbonyl (C=O) groups is 1. The van der Waals surface area contributed by atoms with E-state index in [1.54, 1.807) is 11.3 Å². The summed E-state index contributed by atoms with van der Waals surface area (Å²) in [5, 5.41) is 0.747. The summed E-state index contributed by atoms with van der Waals surface area (Å²) >= 11 is 1.58. The van der Waals surface area contributed by atoms with E-state index < -0.39 is 0 Å². The number of hydrogen-bond donors (Lipinski definition) is 0. The Labute approximate surface area is 196 Å². The second-order valence-electron chi connectivity index (χ2n) is 8.03. The van der Waals surface area contributed by atoms with Gasteiger partial charge in [0.15, 0.2) is 5.13 Å². The second-order valence-corrected chi connectivity index (χ2v) is 9.04. The van der Waals surface area contributed by atoms with Crippen LogP contribution in [0.3, 0.4) is 0 Å². The Kier molecular flexibility index (Phi) is 9.06. The lowest BCUT2D eigenvalue weighted by Crippen LogP contribution is -2.38. The molecule has 3 rings (SSSR count). The molecule has 0 aliphatic carbocycles. The molecule has 0 saturated heterocycles. The van der Waals surface area contributed by atoms with E-state index in [9.17, 15) is 4.79 Å². The van der Waals surface area contributed by atoms with Crippen LogP contribution in [0.15, 0.2) is 42.5 Å². The summed E-state index contributed by atoms with van der Waals surface area (Å²) in [4.78, 5) is 22.6. The molecule has 5 nitrogen and oxygen atoms in total. The number of thiazole rings is 1. The number of fused-ring (bicyclic) bond motifs is 1. The van der Waals surface area contributed by atoms with E-state index in [-0.39, 0.29) is 5.91 Å². The van der Waals surface area contributed by atoms with Gasteiger partial charge in [-0.15, -0.1) is 0 Å². The molecule has 1 amide bonds. The molecular formula is C26H35N3O2S. The van der Waals surface area contributed by atoms with Crippen LogP contribution < -0.4 is 9.64 Å². The van der Waals surface area contributed by atoms with E-state index in [4.69, 9.17) is 9.72 Å². The fourth-order valence-corrected chi connectivity index (χ4v) is 4.71. The van der Waals surface area contributed by atoms with Crippen molar-refractivity contribution in [3.63, 3.8) is 0 Å². The van der Waals surface area contributed by atoms with Crippen molar-refractivity contribution in [2.24, 2.45) is 0 Å². The number of ether oxygens (including phenoxy) is 1. The molecule has 0 saturated carbocycles. The minimum absolute atomic E-state index is 0.0352. The van der Waals surface area contributed by atoms with Crippen LogP contribution in [0, 0.1) is 6.92 Å². The van der Waals surface area contributed by atoms with Crippen LogP contribution in [-0.2, 0) is 0 Å². The van der Waals surface area contributed by atoms with Gasteiger partial charge in [0.05, 0.1) is 16.8 Å². The molecule has 0 fully saturated rings. The normalized spacial score (nSPS) is 11.3. The summed E-state index contributed by atoms with van der Waals surface area (Å²) < 4.78 is 6.99. The molecule has 3 aromatic rings. The largest absolute Gasteiger partial charge is 0.494 e. The van der Waals surface area contributed by atoms with Crippen LogP contribution in [0.2, 0.25) is 0 Å². The zero-order valence-corrected chi connectivity index (χ0v) is 20.6. The highest BCUT2D eigenvalue weighted by molar-refractivity contribution is 7.22. The van der Waals surface area contributed by atoms with Crippen LogP contribution in [0.5, 0.6) is 5.75 Å². The highest BCUT2D eigenvalue weighted by Gasteiger charge is 2.22. The van der Waals surface area contributed by atoms with Gasteiger partial charge in [-0.25, -0.2) is 4.98 Å². The van der Waals surface area contributed by atoms with Gasteiger partial charge in [0.1, 0.15) is 5.75 Å². The van der Waals surface area contributed by atoms with Gasteiger partial charge in [0.25, 0.3) is 5.91 Å². The maximum absolute atomic E-state index is 13.6. The van der Waals surface area contributed by atoms with E-state index in [1.165, 1.54) is 5.56 Å².